The van der Waals surface area contributed by atoms with Crippen LogP contribution in [0.4, 0.5) is 0 Å². The average Bonchev–Trinajstić information content (AvgIpc) is 2.25. The molecule has 0 amide bonds. The number of benzene rings is 1. The van der Waals surface area contributed by atoms with Crippen LogP contribution in [0.5, 0.6) is 5.75 Å². The number of hydrogen-bond acceptors (Lipinski definition) is 2. The van der Waals surface area contributed by atoms with E-state index in [-0.39, 0.29) is 0 Å². The van der Waals surface area contributed by atoms with Gasteiger partial charge in [0, 0.05) is 0 Å². The largest absolute Gasteiger partial charge is 0.494 e. The molecule has 0 aliphatic rings. The summed E-state index contributed by atoms with van der Waals surface area (Å²) in [6.45, 7) is 4.47. The fourth-order valence-electron chi connectivity index (χ4n) is 1.10. The molecule has 1 rings (SSSR count). The number of hydrogen-bond donors (Lipinski definition) is 1. The molecule has 0 radical (unpaired) electrons. The minimum absolute atomic E-state index is 0.772. The quantitative estimate of drug-likeness (QED) is 0.556. The average molecular weight is 208 g/mol. The zero-order valence-corrected chi connectivity index (χ0v) is 9.17. The van der Waals surface area contributed by atoms with Crippen molar-refractivity contribution < 1.29 is 4.74 Å². The van der Waals surface area contributed by atoms with Gasteiger partial charge in [0.2, 0.25) is 0 Å². The maximum Gasteiger partial charge on any atom is 0.119 e. The molecule has 0 N–H and O–H groups in total. The molecule has 0 spiro atoms. The summed E-state index contributed by atoms with van der Waals surface area (Å²) in [5, 5.41) is 0. The highest BCUT2D eigenvalue weighted by atomic mass is 32.1. The lowest BCUT2D eigenvalue weighted by Crippen LogP contribution is -1.97. The molecule has 2 heteroatoms. The molecule has 0 saturated heterocycles. The Kier molecular flexibility index (Phi) is 5.23. The van der Waals surface area contributed by atoms with Crippen molar-refractivity contribution in [3.05, 3.63) is 36.4 Å². The Balaban J connectivity index is 2.32. The van der Waals surface area contributed by atoms with Gasteiger partial charge in [-0.05, 0) is 36.3 Å². The van der Waals surface area contributed by atoms with Gasteiger partial charge in [-0.25, -0.2) is 0 Å². The third kappa shape index (κ3) is 3.88. The van der Waals surface area contributed by atoms with Crippen LogP contribution in [0.3, 0.4) is 0 Å². The van der Waals surface area contributed by atoms with Crippen LogP contribution >= 0.6 is 12.6 Å². The highest BCUT2D eigenvalue weighted by Crippen LogP contribution is 2.13. The predicted octanol–water partition coefficient (Wildman–Crippen LogP) is 3.42. The first kappa shape index (κ1) is 11.2. The summed E-state index contributed by atoms with van der Waals surface area (Å²) >= 11 is 4.14. The van der Waals surface area contributed by atoms with E-state index in [2.05, 4.69) is 19.2 Å². The van der Waals surface area contributed by atoms with Gasteiger partial charge in [-0.15, -0.1) is 0 Å². The van der Waals surface area contributed by atoms with E-state index in [0.29, 0.717) is 0 Å². The van der Waals surface area contributed by atoms with Crippen molar-refractivity contribution in [2.45, 2.75) is 12.8 Å². The Labute approximate surface area is 91.2 Å². The lowest BCUT2D eigenvalue weighted by molar-refractivity contribution is 0.310. The van der Waals surface area contributed by atoms with Crippen molar-refractivity contribution in [1.82, 2.24) is 0 Å². The van der Waals surface area contributed by atoms with E-state index >= 15 is 0 Å². The van der Waals surface area contributed by atoms with Crippen molar-refractivity contribution in [2.75, 3.05) is 12.4 Å². The molecule has 1 nitrogen and oxygen atoms in total. The van der Waals surface area contributed by atoms with E-state index in [1.807, 2.05) is 30.3 Å². The molecule has 0 atom stereocenters. The maximum atomic E-state index is 5.54. The van der Waals surface area contributed by atoms with E-state index in [1.54, 1.807) is 0 Å². The van der Waals surface area contributed by atoms with Crippen molar-refractivity contribution in [2.24, 2.45) is 0 Å². The summed E-state index contributed by atoms with van der Waals surface area (Å²) in [7, 11) is 0. The number of thiol groups is 1. The first-order chi connectivity index (χ1) is 6.86. The van der Waals surface area contributed by atoms with Gasteiger partial charge in [-0.2, -0.15) is 12.6 Å². The molecule has 14 heavy (non-hydrogen) atoms. The van der Waals surface area contributed by atoms with Gasteiger partial charge in [-0.1, -0.05) is 24.8 Å². The van der Waals surface area contributed by atoms with Gasteiger partial charge < -0.3 is 4.74 Å². The summed E-state index contributed by atoms with van der Waals surface area (Å²) < 4.78 is 5.54. The molecule has 0 unspecified atom stereocenters. The van der Waals surface area contributed by atoms with Gasteiger partial charge in [0.15, 0.2) is 0 Å². The molecule has 0 saturated carbocycles. The number of unbranched alkanes of at least 4 members (excludes halogenated alkanes) is 1. The van der Waals surface area contributed by atoms with Crippen molar-refractivity contribution in [3.63, 3.8) is 0 Å². The molecule has 1 aromatic rings. The van der Waals surface area contributed by atoms with Crippen LogP contribution in [0.25, 0.3) is 6.08 Å². The van der Waals surface area contributed by atoms with Gasteiger partial charge in [0.1, 0.15) is 5.75 Å². The van der Waals surface area contributed by atoms with Gasteiger partial charge >= 0.3 is 0 Å². The third-order valence-corrected chi connectivity index (χ3v) is 2.25. The van der Waals surface area contributed by atoms with Gasteiger partial charge in [0.05, 0.1) is 6.61 Å². The first-order valence-electron chi connectivity index (χ1n) is 4.83. The van der Waals surface area contributed by atoms with Crippen LogP contribution in [-0.4, -0.2) is 12.4 Å². The predicted molar refractivity (Wildman–Crippen MR) is 65.1 cm³/mol. The highest BCUT2D eigenvalue weighted by molar-refractivity contribution is 7.80. The standard InChI is InChI=1S/C12H16OS/c1-2-11-5-7-12(8-6-11)13-9-3-4-10-14/h2,5-8,14H,1,3-4,9-10H2. The minimum Gasteiger partial charge on any atom is -0.494 e. The lowest BCUT2D eigenvalue weighted by Gasteiger charge is -2.05. The highest BCUT2D eigenvalue weighted by Gasteiger charge is 1.92. The van der Waals surface area contributed by atoms with Crippen molar-refractivity contribution >= 4 is 18.7 Å². The fraction of sp³-hybridized carbons (Fsp3) is 0.333. The Morgan fingerprint density at radius 1 is 1.21 bits per heavy atom. The third-order valence-electron chi connectivity index (χ3n) is 1.94. The van der Waals surface area contributed by atoms with E-state index in [4.69, 9.17) is 4.74 Å². The molecule has 0 bridgehead atoms. The second kappa shape index (κ2) is 6.55. The summed E-state index contributed by atoms with van der Waals surface area (Å²) in [4.78, 5) is 0. The van der Waals surface area contributed by atoms with Gasteiger partial charge in [-0.3, -0.25) is 0 Å². The molecule has 1 aromatic carbocycles. The van der Waals surface area contributed by atoms with Crippen LogP contribution < -0.4 is 4.74 Å². The van der Waals surface area contributed by atoms with Crippen LogP contribution in [0, 0.1) is 0 Å². The second-order valence-corrected chi connectivity index (χ2v) is 3.50. The smallest absolute Gasteiger partial charge is 0.119 e. The van der Waals surface area contributed by atoms with Crippen LogP contribution in [0.2, 0.25) is 0 Å². The molecule has 0 aromatic heterocycles. The molecular weight excluding hydrogens is 192 g/mol. The Hall–Kier alpha value is -0.890. The van der Waals surface area contributed by atoms with E-state index < -0.39 is 0 Å². The normalized spacial score (nSPS) is 9.79. The summed E-state index contributed by atoms with van der Waals surface area (Å²) in [5.74, 6) is 1.86. The number of rotatable bonds is 6. The molecule has 0 aliphatic carbocycles. The Bertz CT molecular complexity index is 266. The Morgan fingerprint density at radius 3 is 2.50 bits per heavy atom. The summed E-state index contributed by atoms with van der Waals surface area (Å²) in [5.41, 5.74) is 1.12. The number of ether oxygens (including phenoxy) is 1. The van der Waals surface area contributed by atoms with E-state index in [1.165, 1.54) is 0 Å². The van der Waals surface area contributed by atoms with Crippen molar-refractivity contribution in [3.8, 4) is 5.75 Å². The summed E-state index contributed by atoms with van der Waals surface area (Å²) in [6, 6.07) is 7.94. The molecule has 0 aliphatic heterocycles. The zero-order chi connectivity index (χ0) is 10.2. The van der Waals surface area contributed by atoms with Crippen molar-refractivity contribution in [1.29, 1.82) is 0 Å². The van der Waals surface area contributed by atoms with E-state index in [9.17, 15) is 0 Å². The minimum atomic E-state index is 0.772. The van der Waals surface area contributed by atoms with E-state index in [0.717, 1.165) is 36.5 Å². The zero-order valence-electron chi connectivity index (χ0n) is 8.28. The summed E-state index contributed by atoms with van der Waals surface area (Å²) in [6.07, 6.45) is 3.99. The van der Waals surface area contributed by atoms with Crippen LogP contribution in [-0.2, 0) is 0 Å². The molecule has 0 fully saturated rings. The van der Waals surface area contributed by atoms with Crippen LogP contribution in [0.15, 0.2) is 30.8 Å². The molecule has 76 valence electrons. The van der Waals surface area contributed by atoms with Crippen LogP contribution in [0.1, 0.15) is 18.4 Å². The topological polar surface area (TPSA) is 9.23 Å². The van der Waals surface area contributed by atoms with Gasteiger partial charge in [0.25, 0.3) is 0 Å². The lowest BCUT2D eigenvalue weighted by atomic mass is 10.2. The molecular formula is C12H16OS. The maximum absolute atomic E-state index is 5.54. The monoisotopic (exact) mass is 208 g/mol. The fourth-order valence-corrected chi connectivity index (χ4v) is 1.33. The first-order valence-corrected chi connectivity index (χ1v) is 5.46. The SMILES string of the molecule is C=Cc1ccc(OCCCCS)cc1. The molecule has 0 heterocycles. The second-order valence-electron chi connectivity index (χ2n) is 3.05. The Morgan fingerprint density at radius 2 is 1.93 bits per heavy atom.